The quantitative estimate of drug-likeness (QED) is 0.819. The smallest absolute Gasteiger partial charge is 0.371 e. The average Bonchev–Trinajstić information content (AvgIpc) is 2.87. The van der Waals surface area contributed by atoms with E-state index in [0.29, 0.717) is 24.9 Å². The molecule has 1 heterocycles. The van der Waals surface area contributed by atoms with Crippen molar-refractivity contribution < 1.29 is 17.9 Å². The lowest BCUT2D eigenvalue weighted by atomic mass is 9.89. The summed E-state index contributed by atoms with van der Waals surface area (Å²) in [4.78, 5) is 2.13. The van der Waals surface area contributed by atoms with E-state index < -0.39 is 12.8 Å². The Morgan fingerprint density at radius 3 is 2.52 bits per heavy atom. The first-order valence-corrected chi connectivity index (χ1v) is 7.11. The highest BCUT2D eigenvalue weighted by molar-refractivity contribution is 5.22. The minimum Gasteiger partial charge on any atom is -0.371 e. The van der Waals surface area contributed by atoms with E-state index in [1.165, 1.54) is 5.56 Å². The lowest BCUT2D eigenvalue weighted by Crippen LogP contribution is -2.28. The predicted molar refractivity (Wildman–Crippen MR) is 75.0 cm³/mol. The van der Waals surface area contributed by atoms with Gasteiger partial charge >= 0.3 is 6.18 Å². The molecule has 0 amide bonds. The van der Waals surface area contributed by atoms with Gasteiger partial charge in [0.25, 0.3) is 0 Å². The number of ether oxygens (including phenoxy) is 1. The Balaban J connectivity index is 1.82. The second-order valence-corrected chi connectivity index (χ2v) is 5.44. The summed E-state index contributed by atoms with van der Waals surface area (Å²) in [5, 5.41) is 0. The summed E-state index contributed by atoms with van der Waals surface area (Å²) in [7, 11) is 0. The Morgan fingerprint density at radius 2 is 1.90 bits per heavy atom. The Labute approximate surface area is 122 Å². The van der Waals surface area contributed by atoms with E-state index in [2.05, 4.69) is 21.8 Å². The van der Waals surface area contributed by atoms with Gasteiger partial charge in [-0.2, -0.15) is 13.2 Å². The molecule has 0 radical (unpaired) electrons. The number of nitrogens with zero attached hydrogens (tertiary/aromatic N) is 1. The molecule has 0 saturated carbocycles. The van der Waals surface area contributed by atoms with Gasteiger partial charge in [0.15, 0.2) is 0 Å². The fraction of sp³-hybridized carbons (Fsp3) is 0.600. The summed E-state index contributed by atoms with van der Waals surface area (Å²) < 4.78 is 40.7. The normalized spacial score (nSPS) is 23.6. The van der Waals surface area contributed by atoms with Crippen molar-refractivity contribution in [3.8, 4) is 0 Å². The molecule has 2 N–H and O–H groups in total. The maximum Gasteiger partial charge on any atom is 0.411 e. The van der Waals surface area contributed by atoms with E-state index in [1.54, 1.807) is 0 Å². The maximum atomic E-state index is 12.0. The van der Waals surface area contributed by atoms with E-state index in [0.717, 1.165) is 13.1 Å². The van der Waals surface area contributed by atoms with Gasteiger partial charge in [-0.25, -0.2) is 0 Å². The third-order valence-electron chi connectivity index (χ3n) is 3.86. The molecule has 0 bridgehead atoms. The van der Waals surface area contributed by atoms with Crippen molar-refractivity contribution in [2.75, 3.05) is 39.4 Å². The van der Waals surface area contributed by atoms with E-state index >= 15 is 0 Å². The zero-order valence-corrected chi connectivity index (χ0v) is 11.9. The van der Waals surface area contributed by atoms with Crippen LogP contribution in [-0.2, 0) is 4.74 Å². The molecule has 1 aliphatic heterocycles. The highest BCUT2D eigenvalue weighted by atomic mass is 19.4. The molecule has 3 nitrogen and oxygen atoms in total. The van der Waals surface area contributed by atoms with E-state index in [4.69, 9.17) is 5.73 Å². The lowest BCUT2D eigenvalue weighted by molar-refractivity contribution is -0.174. The molecule has 0 unspecified atom stereocenters. The predicted octanol–water partition coefficient (Wildman–Crippen LogP) is 2.24. The third-order valence-corrected chi connectivity index (χ3v) is 3.86. The van der Waals surface area contributed by atoms with Crippen LogP contribution in [0.4, 0.5) is 13.2 Å². The van der Waals surface area contributed by atoms with Crippen LogP contribution in [0.25, 0.3) is 0 Å². The van der Waals surface area contributed by atoms with Crippen LogP contribution in [0.15, 0.2) is 30.3 Å². The van der Waals surface area contributed by atoms with Crippen LogP contribution < -0.4 is 5.73 Å². The van der Waals surface area contributed by atoms with Gasteiger partial charge in [0.2, 0.25) is 0 Å². The second kappa shape index (κ2) is 7.24. The molecule has 0 aromatic heterocycles. The molecule has 1 aromatic rings. The van der Waals surface area contributed by atoms with Crippen LogP contribution in [0.3, 0.4) is 0 Å². The Kier molecular flexibility index (Phi) is 5.61. The molecular weight excluding hydrogens is 281 g/mol. The van der Waals surface area contributed by atoms with Gasteiger partial charge in [0.1, 0.15) is 6.61 Å². The molecule has 118 valence electrons. The number of likely N-dealkylation sites (tertiary alicyclic amines) is 1. The highest BCUT2D eigenvalue weighted by Crippen LogP contribution is 2.31. The molecule has 0 aliphatic carbocycles. The first-order chi connectivity index (χ1) is 9.99. The summed E-state index contributed by atoms with van der Waals surface area (Å²) in [5.41, 5.74) is 7.07. The fourth-order valence-electron chi connectivity index (χ4n) is 2.84. The van der Waals surface area contributed by atoms with Crippen LogP contribution in [-0.4, -0.2) is 50.5 Å². The molecule has 1 aromatic carbocycles. The van der Waals surface area contributed by atoms with E-state index in [-0.39, 0.29) is 6.61 Å². The molecule has 2 atom stereocenters. The van der Waals surface area contributed by atoms with Gasteiger partial charge in [0, 0.05) is 25.6 Å². The Bertz CT molecular complexity index is 425. The highest BCUT2D eigenvalue weighted by Gasteiger charge is 2.33. The fourth-order valence-corrected chi connectivity index (χ4v) is 2.84. The summed E-state index contributed by atoms with van der Waals surface area (Å²) in [6.07, 6.45) is -4.25. The van der Waals surface area contributed by atoms with Gasteiger partial charge in [-0.3, -0.25) is 0 Å². The lowest BCUT2D eigenvalue weighted by Gasteiger charge is -2.17. The number of hydrogen-bond acceptors (Lipinski definition) is 3. The summed E-state index contributed by atoms with van der Waals surface area (Å²) in [6, 6.07) is 10.1. The topological polar surface area (TPSA) is 38.5 Å². The number of hydrogen-bond donors (Lipinski definition) is 1. The molecule has 2 rings (SSSR count). The van der Waals surface area contributed by atoms with Crippen molar-refractivity contribution in [3.05, 3.63) is 35.9 Å². The van der Waals surface area contributed by atoms with Crippen molar-refractivity contribution in [1.29, 1.82) is 0 Å². The molecule has 0 spiro atoms. The monoisotopic (exact) mass is 302 g/mol. The van der Waals surface area contributed by atoms with Gasteiger partial charge in [0.05, 0.1) is 6.61 Å². The van der Waals surface area contributed by atoms with Crippen LogP contribution in [0.5, 0.6) is 0 Å². The summed E-state index contributed by atoms with van der Waals surface area (Å²) >= 11 is 0. The van der Waals surface area contributed by atoms with Crippen molar-refractivity contribution in [1.82, 2.24) is 4.90 Å². The zero-order chi connectivity index (χ0) is 15.3. The van der Waals surface area contributed by atoms with Gasteiger partial charge in [-0.15, -0.1) is 0 Å². The molecule has 21 heavy (non-hydrogen) atoms. The number of benzene rings is 1. The maximum absolute atomic E-state index is 12.0. The Morgan fingerprint density at radius 1 is 1.19 bits per heavy atom. The molecule has 1 saturated heterocycles. The number of alkyl halides is 3. The zero-order valence-electron chi connectivity index (χ0n) is 11.9. The molecular formula is C15H21F3N2O. The average molecular weight is 302 g/mol. The SMILES string of the molecule is NC[C@@H]1CN(CCOCC(F)(F)F)C[C@H]1c1ccccc1. The van der Waals surface area contributed by atoms with Crippen molar-refractivity contribution in [2.45, 2.75) is 12.1 Å². The molecule has 6 heteroatoms. The summed E-state index contributed by atoms with van der Waals surface area (Å²) in [6.45, 7) is 1.64. The minimum atomic E-state index is -4.25. The first kappa shape index (κ1) is 16.3. The van der Waals surface area contributed by atoms with Gasteiger partial charge in [-0.1, -0.05) is 30.3 Å². The third kappa shape index (κ3) is 4.98. The van der Waals surface area contributed by atoms with Gasteiger partial charge in [-0.05, 0) is 18.0 Å². The van der Waals surface area contributed by atoms with Crippen LogP contribution >= 0.6 is 0 Å². The number of halogens is 3. The first-order valence-electron chi connectivity index (χ1n) is 7.11. The van der Waals surface area contributed by atoms with Crippen LogP contribution in [0, 0.1) is 5.92 Å². The number of rotatable bonds is 6. The van der Waals surface area contributed by atoms with Crippen LogP contribution in [0.2, 0.25) is 0 Å². The second-order valence-electron chi connectivity index (χ2n) is 5.44. The number of nitrogens with two attached hydrogens (primary N) is 1. The van der Waals surface area contributed by atoms with Crippen molar-refractivity contribution >= 4 is 0 Å². The molecule has 1 aliphatic rings. The van der Waals surface area contributed by atoms with E-state index in [9.17, 15) is 13.2 Å². The summed E-state index contributed by atoms with van der Waals surface area (Å²) in [5.74, 6) is 0.689. The van der Waals surface area contributed by atoms with Gasteiger partial charge < -0.3 is 15.4 Å². The van der Waals surface area contributed by atoms with Crippen molar-refractivity contribution in [2.24, 2.45) is 11.7 Å². The molecule has 1 fully saturated rings. The largest absolute Gasteiger partial charge is 0.411 e. The minimum absolute atomic E-state index is 0.0955. The Hall–Kier alpha value is -1.11. The van der Waals surface area contributed by atoms with Crippen LogP contribution in [0.1, 0.15) is 11.5 Å². The van der Waals surface area contributed by atoms with Crippen molar-refractivity contribution in [3.63, 3.8) is 0 Å². The standard InChI is InChI=1S/C15H21F3N2O/c16-15(17,18)11-21-7-6-20-9-13(8-19)14(10-20)12-4-2-1-3-5-12/h1-5,13-14H,6-11,19H2/t13-,14+/m1/s1. The van der Waals surface area contributed by atoms with E-state index in [1.807, 2.05) is 18.2 Å².